The Bertz CT molecular complexity index is 683. The molecule has 0 aliphatic carbocycles. The van der Waals surface area contributed by atoms with Crippen LogP contribution in [0, 0.1) is 21.4 Å². The number of piperidine rings is 1. The summed E-state index contributed by atoms with van der Waals surface area (Å²) >= 11 is 0. The average Bonchev–Trinajstić information content (AvgIpc) is 2.46. The molecule has 2 rings (SSSR count). The number of hydrogen-bond acceptors (Lipinski definition) is 5. The van der Waals surface area contributed by atoms with Crippen LogP contribution < -0.4 is 0 Å². The number of hydrogen-bond donors (Lipinski definition) is 0. The molecule has 1 aromatic carbocycles. The third-order valence-electron chi connectivity index (χ3n) is 3.89. The van der Waals surface area contributed by atoms with Gasteiger partial charge in [0.25, 0.3) is 5.69 Å². The van der Waals surface area contributed by atoms with Crippen molar-refractivity contribution < 1.29 is 13.3 Å². The molecule has 0 atom stereocenters. The molecule has 0 unspecified atom stereocenters. The molecule has 0 saturated carbocycles. The first kappa shape index (κ1) is 15.4. The van der Waals surface area contributed by atoms with E-state index in [0.717, 1.165) is 6.26 Å². The SMILES string of the molecule is CS(=O)(=O)N1CCC(C#N)(c2ccc([N+](=O)[O-])cc2)CC1. The Balaban J connectivity index is 2.25. The molecule has 0 amide bonds. The van der Waals surface area contributed by atoms with E-state index in [2.05, 4.69) is 6.07 Å². The van der Waals surface area contributed by atoms with Gasteiger partial charge >= 0.3 is 0 Å². The predicted octanol–water partition coefficient (Wildman–Crippen LogP) is 1.41. The molecule has 0 aromatic heterocycles. The highest BCUT2D eigenvalue weighted by Crippen LogP contribution is 2.36. The lowest BCUT2D eigenvalue weighted by Crippen LogP contribution is -2.44. The summed E-state index contributed by atoms with van der Waals surface area (Å²) in [5.74, 6) is 0. The van der Waals surface area contributed by atoms with E-state index in [9.17, 15) is 23.8 Å². The minimum absolute atomic E-state index is 0.0274. The smallest absolute Gasteiger partial charge is 0.258 e. The van der Waals surface area contributed by atoms with E-state index in [1.165, 1.54) is 16.4 Å². The van der Waals surface area contributed by atoms with Crippen molar-refractivity contribution in [3.63, 3.8) is 0 Å². The van der Waals surface area contributed by atoms with Crippen LogP contribution in [0.5, 0.6) is 0 Å². The van der Waals surface area contributed by atoms with Crippen LogP contribution >= 0.6 is 0 Å². The zero-order valence-corrected chi connectivity index (χ0v) is 12.3. The first-order valence-electron chi connectivity index (χ1n) is 6.40. The molecule has 0 radical (unpaired) electrons. The standard InChI is InChI=1S/C13H15N3O4S/c1-21(19,20)15-8-6-13(10-14,7-9-15)11-2-4-12(5-3-11)16(17)18/h2-5H,6-9H2,1H3. The maximum Gasteiger partial charge on any atom is 0.269 e. The Hall–Kier alpha value is -1.98. The maximum atomic E-state index is 11.5. The van der Waals surface area contributed by atoms with Gasteiger partial charge in [-0.2, -0.15) is 5.26 Å². The summed E-state index contributed by atoms with van der Waals surface area (Å²) in [7, 11) is -3.25. The number of nitro benzene ring substituents is 1. The summed E-state index contributed by atoms with van der Waals surface area (Å²) in [6.45, 7) is 0.562. The van der Waals surface area contributed by atoms with Crippen molar-refractivity contribution in [2.24, 2.45) is 0 Å². The summed E-state index contributed by atoms with van der Waals surface area (Å²) in [5, 5.41) is 20.2. The Morgan fingerprint density at radius 3 is 2.19 bits per heavy atom. The van der Waals surface area contributed by atoms with Crippen molar-refractivity contribution in [2.45, 2.75) is 18.3 Å². The Morgan fingerprint density at radius 2 is 1.81 bits per heavy atom. The summed E-state index contributed by atoms with van der Waals surface area (Å²) in [6, 6.07) is 8.17. The lowest BCUT2D eigenvalue weighted by molar-refractivity contribution is -0.384. The quantitative estimate of drug-likeness (QED) is 0.620. The van der Waals surface area contributed by atoms with Gasteiger partial charge in [0, 0.05) is 25.2 Å². The van der Waals surface area contributed by atoms with Crippen molar-refractivity contribution in [3.8, 4) is 6.07 Å². The van der Waals surface area contributed by atoms with Crippen molar-refractivity contribution in [3.05, 3.63) is 39.9 Å². The summed E-state index contributed by atoms with van der Waals surface area (Å²) < 4.78 is 24.4. The second-order valence-corrected chi connectivity index (χ2v) is 7.14. The van der Waals surface area contributed by atoms with Gasteiger partial charge in [-0.05, 0) is 18.4 Å². The molecule has 0 N–H and O–H groups in total. The topological polar surface area (TPSA) is 104 Å². The highest BCUT2D eigenvalue weighted by atomic mass is 32.2. The third-order valence-corrected chi connectivity index (χ3v) is 5.19. The largest absolute Gasteiger partial charge is 0.269 e. The van der Waals surface area contributed by atoms with E-state index in [-0.39, 0.29) is 18.8 Å². The number of nitro groups is 1. The normalized spacial score (nSPS) is 18.9. The van der Waals surface area contributed by atoms with Crippen LogP contribution in [-0.4, -0.2) is 37.0 Å². The maximum absolute atomic E-state index is 11.5. The molecule has 21 heavy (non-hydrogen) atoms. The number of non-ortho nitro benzene ring substituents is 1. The summed E-state index contributed by atoms with van der Waals surface area (Å²) in [4.78, 5) is 10.2. The Labute approximate surface area is 123 Å². The van der Waals surface area contributed by atoms with Crippen LogP contribution in [0.2, 0.25) is 0 Å². The van der Waals surface area contributed by atoms with E-state index in [1.54, 1.807) is 12.1 Å². The zero-order chi connectivity index (χ0) is 15.7. The van der Waals surface area contributed by atoms with Crippen LogP contribution in [0.4, 0.5) is 5.69 Å². The predicted molar refractivity (Wildman–Crippen MR) is 76.0 cm³/mol. The van der Waals surface area contributed by atoms with Gasteiger partial charge in [-0.3, -0.25) is 10.1 Å². The van der Waals surface area contributed by atoms with Crippen LogP contribution in [0.3, 0.4) is 0 Å². The summed E-state index contributed by atoms with van der Waals surface area (Å²) in [5.41, 5.74) is -0.111. The molecule has 1 heterocycles. The highest BCUT2D eigenvalue weighted by Gasteiger charge is 2.38. The fourth-order valence-corrected chi connectivity index (χ4v) is 3.41. The second-order valence-electron chi connectivity index (χ2n) is 5.16. The zero-order valence-electron chi connectivity index (χ0n) is 11.5. The fourth-order valence-electron chi connectivity index (χ4n) is 2.57. The number of benzene rings is 1. The minimum Gasteiger partial charge on any atom is -0.258 e. The van der Waals surface area contributed by atoms with Gasteiger partial charge in [-0.15, -0.1) is 0 Å². The second kappa shape index (κ2) is 5.42. The lowest BCUT2D eigenvalue weighted by Gasteiger charge is -2.36. The van der Waals surface area contributed by atoms with Gasteiger partial charge in [0.15, 0.2) is 0 Å². The fraction of sp³-hybridized carbons (Fsp3) is 0.462. The molecule has 8 heteroatoms. The molecular weight excluding hydrogens is 294 g/mol. The van der Waals surface area contributed by atoms with E-state index in [0.29, 0.717) is 18.4 Å². The summed E-state index contributed by atoms with van der Waals surface area (Å²) in [6.07, 6.45) is 1.92. The molecule has 1 fully saturated rings. The van der Waals surface area contributed by atoms with Crippen LogP contribution in [0.25, 0.3) is 0 Å². The van der Waals surface area contributed by atoms with Gasteiger partial charge in [0.05, 0.1) is 22.7 Å². The first-order chi connectivity index (χ1) is 9.78. The van der Waals surface area contributed by atoms with Gasteiger partial charge in [0.2, 0.25) is 10.0 Å². The monoisotopic (exact) mass is 309 g/mol. The van der Waals surface area contributed by atoms with E-state index in [4.69, 9.17) is 0 Å². The number of nitriles is 1. The molecule has 1 aromatic rings. The van der Waals surface area contributed by atoms with Crippen molar-refractivity contribution in [1.29, 1.82) is 5.26 Å². The molecule has 0 bridgehead atoms. The third kappa shape index (κ3) is 3.04. The Morgan fingerprint density at radius 1 is 1.29 bits per heavy atom. The number of sulfonamides is 1. The van der Waals surface area contributed by atoms with Crippen molar-refractivity contribution >= 4 is 15.7 Å². The molecule has 1 aliphatic heterocycles. The van der Waals surface area contributed by atoms with Crippen molar-refractivity contribution in [2.75, 3.05) is 19.3 Å². The number of rotatable bonds is 3. The molecule has 1 aliphatic rings. The first-order valence-corrected chi connectivity index (χ1v) is 8.25. The molecule has 0 spiro atoms. The molecular formula is C13H15N3O4S. The van der Waals surface area contributed by atoms with E-state index in [1.807, 2.05) is 0 Å². The van der Waals surface area contributed by atoms with Crippen LogP contribution in [0.15, 0.2) is 24.3 Å². The molecule has 112 valence electrons. The number of nitrogens with zero attached hydrogens (tertiary/aromatic N) is 3. The highest BCUT2D eigenvalue weighted by molar-refractivity contribution is 7.88. The van der Waals surface area contributed by atoms with Gasteiger partial charge in [0.1, 0.15) is 0 Å². The minimum atomic E-state index is -3.25. The average molecular weight is 309 g/mol. The van der Waals surface area contributed by atoms with Gasteiger partial charge in [-0.1, -0.05) is 12.1 Å². The van der Waals surface area contributed by atoms with E-state index >= 15 is 0 Å². The molecule has 1 saturated heterocycles. The Kier molecular flexibility index (Phi) is 3.98. The van der Waals surface area contributed by atoms with E-state index < -0.39 is 20.4 Å². The van der Waals surface area contributed by atoms with Crippen molar-refractivity contribution in [1.82, 2.24) is 4.31 Å². The van der Waals surface area contributed by atoms with Crippen LogP contribution in [0.1, 0.15) is 18.4 Å². The van der Waals surface area contributed by atoms with Crippen LogP contribution in [-0.2, 0) is 15.4 Å². The van der Waals surface area contributed by atoms with Gasteiger partial charge in [-0.25, -0.2) is 12.7 Å². The lowest BCUT2D eigenvalue weighted by atomic mass is 9.74. The van der Waals surface area contributed by atoms with Gasteiger partial charge < -0.3 is 0 Å². The molecule has 7 nitrogen and oxygen atoms in total.